The van der Waals surface area contributed by atoms with Gasteiger partial charge in [0.25, 0.3) is 0 Å². The minimum Gasteiger partial charge on any atom is -0.483 e. The number of aryl methyl sites for hydroxylation is 1. The van der Waals surface area contributed by atoms with E-state index in [1.165, 1.54) is 11.3 Å². The summed E-state index contributed by atoms with van der Waals surface area (Å²) in [4.78, 5) is 12.9. The van der Waals surface area contributed by atoms with Gasteiger partial charge < -0.3 is 10.1 Å². The summed E-state index contributed by atoms with van der Waals surface area (Å²) in [7, 11) is 0. The second-order valence-electron chi connectivity index (χ2n) is 4.38. The molecule has 3 rings (SSSR count). The number of hydrogen-bond acceptors (Lipinski definition) is 6. The van der Waals surface area contributed by atoms with Crippen LogP contribution < -0.4 is 10.1 Å². The van der Waals surface area contributed by atoms with E-state index in [0.717, 1.165) is 16.5 Å². The van der Waals surface area contributed by atoms with E-state index in [9.17, 15) is 0 Å². The largest absolute Gasteiger partial charge is 0.483 e. The van der Waals surface area contributed by atoms with E-state index in [1.807, 2.05) is 42.6 Å². The van der Waals surface area contributed by atoms with Crippen molar-refractivity contribution in [1.29, 1.82) is 0 Å². The molecule has 0 fully saturated rings. The van der Waals surface area contributed by atoms with Crippen molar-refractivity contribution in [3.8, 4) is 5.75 Å². The lowest BCUT2D eigenvalue weighted by atomic mass is 10.3. The third-order valence-electron chi connectivity index (χ3n) is 2.72. The highest BCUT2D eigenvalue weighted by Gasteiger charge is 2.07. The van der Waals surface area contributed by atoms with Gasteiger partial charge in [0.2, 0.25) is 0 Å². The number of nitrogens with one attached hydrogen (secondary N) is 1. The number of anilines is 2. The fourth-order valence-corrected chi connectivity index (χ4v) is 2.44. The highest BCUT2D eigenvalue weighted by atomic mass is 32.1. The van der Waals surface area contributed by atoms with Gasteiger partial charge in [0.05, 0.1) is 11.4 Å². The number of thiazole rings is 1. The third-order valence-corrected chi connectivity index (χ3v) is 3.59. The predicted octanol–water partition coefficient (Wildman–Crippen LogP) is 3.56. The Kier molecular flexibility index (Phi) is 4.07. The number of nitrogens with zero attached hydrogens (tertiary/aromatic N) is 3. The second kappa shape index (κ2) is 6.32. The molecule has 0 unspecified atom stereocenters. The van der Waals surface area contributed by atoms with Crippen molar-refractivity contribution < 1.29 is 4.74 Å². The Bertz CT molecular complexity index is 714. The molecule has 3 aromatic rings. The van der Waals surface area contributed by atoms with Crippen LogP contribution in [0.15, 0.2) is 48.1 Å². The lowest BCUT2D eigenvalue weighted by Gasteiger charge is -2.10. The summed E-state index contributed by atoms with van der Waals surface area (Å²) in [6, 6.07) is 9.45. The van der Waals surface area contributed by atoms with Gasteiger partial charge in [0.1, 0.15) is 6.61 Å². The number of aromatic nitrogens is 3. The molecule has 5 nitrogen and oxygen atoms in total. The average Bonchev–Trinajstić information content (AvgIpc) is 2.93. The summed E-state index contributed by atoms with van der Waals surface area (Å²) < 4.78 is 5.79. The van der Waals surface area contributed by atoms with Crippen LogP contribution in [0.25, 0.3) is 0 Å². The van der Waals surface area contributed by atoms with Gasteiger partial charge in [-0.25, -0.2) is 9.97 Å². The van der Waals surface area contributed by atoms with Gasteiger partial charge in [-0.2, -0.15) is 0 Å². The molecule has 21 heavy (non-hydrogen) atoms. The zero-order valence-electron chi connectivity index (χ0n) is 11.5. The first-order valence-electron chi connectivity index (χ1n) is 6.48. The van der Waals surface area contributed by atoms with Crippen molar-refractivity contribution in [3.63, 3.8) is 0 Å². The molecule has 0 aliphatic heterocycles. The van der Waals surface area contributed by atoms with Crippen LogP contribution >= 0.6 is 11.3 Å². The van der Waals surface area contributed by atoms with Crippen molar-refractivity contribution in [2.24, 2.45) is 0 Å². The standard InChI is InChI=1S/C15H14N4OS/c1-11-10-21-15(18-11)19-14-13(6-4-8-17-14)20-9-12-5-2-3-7-16-12/h2-8,10H,9H2,1H3,(H,17,18,19). The number of ether oxygens (including phenoxy) is 1. The molecule has 106 valence electrons. The summed E-state index contributed by atoms with van der Waals surface area (Å²) in [5.41, 5.74) is 1.85. The highest BCUT2D eigenvalue weighted by molar-refractivity contribution is 7.13. The number of hydrogen-bond donors (Lipinski definition) is 1. The van der Waals surface area contributed by atoms with Gasteiger partial charge in [0.15, 0.2) is 16.7 Å². The molecule has 6 heteroatoms. The highest BCUT2D eigenvalue weighted by Crippen LogP contribution is 2.27. The van der Waals surface area contributed by atoms with E-state index in [-0.39, 0.29) is 0 Å². The Morgan fingerprint density at radius 2 is 2.05 bits per heavy atom. The van der Waals surface area contributed by atoms with E-state index < -0.39 is 0 Å². The van der Waals surface area contributed by atoms with Gasteiger partial charge in [-0.3, -0.25) is 4.98 Å². The predicted molar refractivity (Wildman–Crippen MR) is 82.9 cm³/mol. The summed E-state index contributed by atoms with van der Waals surface area (Å²) >= 11 is 1.54. The number of rotatable bonds is 5. The average molecular weight is 298 g/mol. The third kappa shape index (κ3) is 3.55. The molecular formula is C15H14N4OS. The van der Waals surface area contributed by atoms with Crippen LogP contribution in [0.1, 0.15) is 11.4 Å². The zero-order valence-corrected chi connectivity index (χ0v) is 12.3. The molecule has 3 aromatic heterocycles. The van der Waals surface area contributed by atoms with Gasteiger partial charge >= 0.3 is 0 Å². The minimum absolute atomic E-state index is 0.401. The second-order valence-corrected chi connectivity index (χ2v) is 5.24. The maximum Gasteiger partial charge on any atom is 0.188 e. The molecule has 0 spiro atoms. The molecule has 3 heterocycles. The SMILES string of the molecule is Cc1csc(Nc2ncccc2OCc2ccccn2)n1. The molecule has 0 aliphatic rings. The minimum atomic E-state index is 0.401. The van der Waals surface area contributed by atoms with E-state index >= 15 is 0 Å². The molecule has 0 atom stereocenters. The lowest BCUT2D eigenvalue weighted by Crippen LogP contribution is -2.01. The fraction of sp³-hybridized carbons (Fsp3) is 0.133. The molecule has 0 bridgehead atoms. The Labute approximate surface area is 126 Å². The smallest absolute Gasteiger partial charge is 0.188 e. The van der Waals surface area contributed by atoms with Crippen molar-refractivity contribution in [2.45, 2.75) is 13.5 Å². The monoisotopic (exact) mass is 298 g/mol. The first kappa shape index (κ1) is 13.5. The fourth-order valence-electron chi connectivity index (χ4n) is 1.75. The first-order valence-corrected chi connectivity index (χ1v) is 7.36. The van der Waals surface area contributed by atoms with Gasteiger partial charge in [-0.15, -0.1) is 11.3 Å². The molecular weight excluding hydrogens is 284 g/mol. The summed E-state index contributed by atoms with van der Waals surface area (Å²) in [6.45, 7) is 2.36. The van der Waals surface area contributed by atoms with Crippen molar-refractivity contribution >= 4 is 22.3 Å². The normalized spacial score (nSPS) is 10.3. The quantitative estimate of drug-likeness (QED) is 0.780. The molecule has 0 amide bonds. The van der Waals surface area contributed by atoms with E-state index in [0.29, 0.717) is 18.2 Å². The summed E-state index contributed by atoms with van der Waals surface area (Å²) in [5.74, 6) is 1.33. The zero-order chi connectivity index (χ0) is 14.5. The molecule has 0 saturated heterocycles. The van der Waals surface area contributed by atoms with Crippen LogP contribution in [-0.4, -0.2) is 15.0 Å². The van der Waals surface area contributed by atoms with Gasteiger partial charge in [0, 0.05) is 17.8 Å². The van der Waals surface area contributed by atoms with Crippen LogP contribution in [0, 0.1) is 6.92 Å². The topological polar surface area (TPSA) is 59.9 Å². The van der Waals surface area contributed by atoms with E-state index in [1.54, 1.807) is 12.4 Å². The molecule has 0 aromatic carbocycles. The number of pyridine rings is 2. The van der Waals surface area contributed by atoms with Crippen molar-refractivity contribution in [3.05, 3.63) is 59.5 Å². The van der Waals surface area contributed by atoms with Crippen LogP contribution in [0.5, 0.6) is 5.75 Å². The first-order chi connectivity index (χ1) is 10.3. The molecule has 0 radical (unpaired) electrons. The Hall–Kier alpha value is -2.47. The maximum absolute atomic E-state index is 5.79. The Morgan fingerprint density at radius 1 is 1.14 bits per heavy atom. The van der Waals surface area contributed by atoms with Gasteiger partial charge in [-0.1, -0.05) is 6.07 Å². The van der Waals surface area contributed by atoms with Crippen LogP contribution in [0.4, 0.5) is 10.9 Å². The van der Waals surface area contributed by atoms with Crippen molar-refractivity contribution in [2.75, 3.05) is 5.32 Å². The van der Waals surface area contributed by atoms with E-state index in [2.05, 4.69) is 20.3 Å². The van der Waals surface area contributed by atoms with Gasteiger partial charge in [-0.05, 0) is 31.2 Å². The summed E-state index contributed by atoms with van der Waals surface area (Å²) in [5, 5.41) is 5.97. The molecule has 1 N–H and O–H groups in total. The Morgan fingerprint density at radius 3 is 2.81 bits per heavy atom. The molecule has 0 aliphatic carbocycles. The van der Waals surface area contributed by atoms with Crippen LogP contribution in [-0.2, 0) is 6.61 Å². The summed E-state index contributed by atoms with van der Waals surface area (Å²) in [6.07, 6.45) is 3.47. The molecule has 0 saturated carbocycles. The maximum atomic E-state index is 5.79. The Balaban J connectivity index is 1.73. The van der Waals surface area contributed by atoms with Crippen LogP contribution in [0.2, 0.25) is 0 Å². The lowest BCUT2D eigenvalue weighted by molar-refractivity contribution is 0.302. The van der Waals surface area contributed by atoms with Crippen LogP contribution in [0.3, 0.4) is 0 Å². The van der Waals surface area contributed by atoms with E-state index in [4.69, 9.17) is 4.74 Å². The van der Waals surface area contributed by atoms with Crippen molar-refractivity contribution in [1.82, 2.24) is 15.0 Å².